The number of halogens is 2. The smallest absolute Gasteiger partial charge is 0.191 e. The largest absolute Gasteiger partial charge is 0.381 e. The molecule has 0 atom stereocenters. The molecule has 0 saturated carbocycles. The second-order valence-corrected chi connectivity index (χ2v) is 6.67. The van der Waals surface area contributed by atoms with Gasteiger partial charge in [-0.05, 0) is 36.1 Å². The molecule has 1 aliphatic rings. The zero-order valence-electron chi connectivity index (χ0n) is 15.6. The molecule has 27 heavy (non-hydrogen) atoms. The minimum Gasteiger partial charge on any atom is -0.381 e. The number of hydrogen-bond donors (Lipinski definition) is 2. The minimum atomic E-state index is -0.225. The van der Waals surface area contributed by atoms with Crippen molar-refractivity contribution in [3.63, 3.8) is 0 Å². The van der Waals surface area contributed by atoms with Crippen LogP contribution in [0.15, 0.2) is 59.6 Å². The van der Waals surface area contributed by atoms with Crippen molar-refractivity contribution in [3.05, 3.63) is 71.5 Å². The molecule has 1 saturated heterocycles. The van der Waals surface area contributed by atoms with E-state index in [9.17, 15) is 4.39 Å². The molecule has 1 aliphatic heterocycles. The Kier molecular flexibility index (Phi) is 8.50. The van der Waals surface area contributed by atoms with Crippen LogP contribution in [0.2, 0.25) is 0 Å². The van der Waals surface area contributed by atoms with Gasteiger partial charge < -0.3 is 15.4 Å². The van der Waals surface area contributed by atoms with E-state index in [0.717, 1.165) is 44.1 Å². The van der Waals surface area contributed by atoms with Crippen LogP contribution in [0.5, 0.6) is 0 Å². The van der Waals surface area contributed by atoms with Gasteiger partial charge >= 0.3 is 0 Å². The molecule has 146 valence electrons. The molecule has 0 aromatic heterocycles. The van der Waals surface area contributed by atoms with E-state index >= 15 is 0 Å². The number of guanidine groups is 1. The van der Waals surface area contributed by atoms with Crippen molar-refractivity contribution in [1.29, 1.82) is 0 Å². The summed E-state index contributed by atoms with van der Waals surface area (Å²) in [6.07, 6.45) is 1.95. The predicted octanol–water partition coefficient (Wildman–Crippen LogP) is 3.86. The molecule has 6 heteroatoms. The summed E-state index contributed by atoms with van der Waals surface area (Å²) >= 11 is 0. The fourth-order valence-electron chi connectivity index (χ4n) is 3.43. The second-order valence-electron chi connectivity index (χ2n) is 6.67. The monoisotopic (exact) mass is 483 g/mol. The lowest BCUT2D eigenvalue weighted by molar-refractivity contribution is 0.0514. The molecule has 0 unspecified atom stereocenters. The van der Waals surface area contributed by atoms with Gasteiger partial charge in [-0.25, -0.2) is 4.39 Å². The van der Waals surface area contributed by atoms with Gasteiger partial charge in [-0.3, -0.25) is 4.99 Å². The second kappa shape index (κ2) is 10.6. The average Bonchev–Trinajstić information content (AvgIpc) is 2.69. The van der Waals surface area contributed by atoms with Crippen molar-refractivity contribution in [2.45, 2.75) is 24.8 Å². The lowest BCUT2D eigenvalue weighted by Gasteiger charge is -2.38. The van der Waals surface area contributed by atoms with E-state index in [2.05, 4.69) is 39.9 Å². The van der Waals surface area contributed by atoms with E-state index < -0.39 is 0 Å². The molecule has 2 aromatic rings. The fraction of sp³-hybridized carbons (Fsp3) is 0.381. The Morgan fingerprint density at radius 3 is 2.48 bits per heavy atom. The van der Waals surface area contributed by atoms with Crippen LogP contribution in [0.3, 0.4) is 0 Å². The number of hydrogen-bond acceptors (Lipinski definition) is 2. The molecule has 0 bridgehead atoms. The molecular weight excluding hydrogens is 456 g/mol. The van der Waals surface area contributed by atoms with Gasteiger partial charge in [-0.15, -0.1) is 24.0 Å². The molecule has 3 rings (SSSR count). The molecule has 2 N–H and O–H groups in total. The molecule has 1 fully saturated rings. The number of rotatable bonds is 5. The molecule has 2 aromatic carbocycles. The Labute approximate surface area is 177 Å². The van der Waals surface area contributed by atoms with Crippen LogP contribution in [0.1, 0.15) is 24.0 Å². The van der Waals surface area contributed by atoms with Crippen LogP contribution in [0.25, 0.3) is 0 Å². The Morgan fingerprint density at radius 1 is 1.07 bits per heavy atom. The average molecular weight is 483 g/mol. The van der Waals surface area contributed by atoms with Crippen LogP contribution >= 0.6 is 24.0 Å². The van der Waals surface area contributed by atoms with E-state index in [1.165, 1.54) is 17.7 Å². The summed E-state index contributed by atoms with van der Waals surface area (Å²) in [4.78, 5) is 4.30. The lowest BCUT2D eigenvalue weighted by Crippen LogP contribution is -2.47. The maximum absolute atomic E-state index is 13.3. The topological polar surface area (TPSA) is 45.7 Å². The highest BCUT2D eigenvalue weighted by atomic mass is 127. The first-order chi connectivity index (χ1) is 12.7. The third-order valence-corrected chi connectivity index (χ3v) is 5.00. The number of nitrogens with one attached hydrogen (secondary N) is 2. The first-order valence-corrected chi connectivity index (χ1v) is 9.04. The van der Waals surface area contributed by atoms with E-state index in [1.54, 1.807) is 13.1 Å². The van der Waals surface area contributed by atoms with Crippen LogP contribution in [0.4, 0.5) is 4.39 Å². The SMILES string of the molecule is CN=C(NCc1cccc(F)c1)NCC1(c2ccccc2)CCOCC1.I. The first kappa shape index (κ1) is 21.6. The number of aliphatic imine (C=N–C) groups is 1. The Bertz CT molecular complexity index is 733. The summed E-state index contributed by atoms with van der Waals surface area (Å²) in [7, 11) is 1.75. The van der Waals surface area contributed by atoms with Crippen molar-refractivity contribution in [2.75, 3.05) is 26.8 Å². The maximum Gasteiger partial charge on any atom is 0.191 e. The molecule has 0 aliphatic carbocycles. The molecular formula is C21H27FIN3O. The van der Waals surface area contributed by atoms with Crippen molar-refractivity contribution < 1.29 is 9.13 Å². The van der Waals surface area contributed by atoms with Crippen molar-refractivity contribution in [3.8, 4) is 0 Å². The van der Waals surface area contributed by atoms with Crippen LogP contribution in [-0.4, -0.2) is 32.8 Å². The Morgan fingerprint density at radius 2 is 1.81 bits per heavy atom. The van der Waals surface area contributed by atoms with Crippen molar-refractivity contribution in [1.82, 2.24) is 10.6 Å². The van der Waals surface area contributed by atoms with Crippen molar-refractivity contribution >= 4 is 29.9 Å². The number of ether oxygens (including phenoxy) is 1. The molecule has 0 radical (unpaired) electrons. The number of benzene rings is 2. The van der Waals surface area contributed by atoms with Gasteiger partial charge in [0.1, 0.15) is 5.82 Å². The Balaban J connectivity index is 0.00000261. The Hall–Kier alpha value is -1.67. The molecule has 1 heterocycles. The third kappa shape index (κ3) is 5.90. The van der Waals surface area contributed by atoms with Crippen LogP contribution in [-0.2, 0) is 16.7 Å². The molecule has 0 amide bonds. The van der Waals surface area contributed by atoms with Gasteiger partial charge in [-0.2, -0.15) is 0 Å². The highest BCUT2D eigenvalue weighted by Crippen LogP contribution is 2.34. The van der Waals surface area contributed by atoms with Gasteiger partial charge in [0, 0.05) is 38.8 Å². The summed E-state index contributed by atoms with van der Waals surface area (Å²) in [6, 6.07) is 17.2. The predicted molar refractivity (Wildman–Crippen MR) is 118 cm³/mol. The maximum atomic E-state index is 13.3. The highest BCUT2D eigenvalue weighted by molar-refractivity contribution is 14.0. The van der Waals surface area contributed by atoms with E-state index in [1.807, 2.05) is 12.1 Å². The summed E-state index contributed by atoms with van der Waals surface area (Å²) in [5.74, 6) is 0.494. The minimum absolute atomic E-state index is 0. The van der Waals surface area contributed by atoms with Crippen LogP contribution in [0, 0.1) is 5.82 Å². The van der Waals surface area contributed by atoms with E-state index in [4.69, 9.17) is 4.74 Å². The molecule has 4 nitrogen and oxygen atoms in total. The van der Waals surface area contributed by atoms with Gasteiger partial charge in [-0.1, -0.05) is 42.5 Å². The van der Waals surface area contributed by atoms with Gasteiger partial charge in [0.25, 0.3) is 0 Å². The molecule has 0 spiro atoms. The summed E-state index contributed by atoms with van der Waals surface area (Å²) in [5, 5.41) is 6.72. The lowest BCUT2D eigenvalue weighted by atomic mass is 9.74. The summed E-state index contributed by atoms with van der Waals surface area (Å²) in [5.41, 5.74) is 2.25. The van der Waals surface area contributed by atoms with Gasteiger partial charge in [0.2, 0.25) is 0 Å². The highest BCUT2D eigenvalue weighted by Gasteiger charge is 2.34. The summed E-state index contributed by atoms with van der Waals surface area (Å²) in [6.45, 7) is 2.85. The zero-order chi connectivity index (χ0) is 18.2. The quantitative estimate of drug-likeness (QED) is 0.386. The summed E-state index contributed by atoms with van der Waals surface area (Å²) < 4.78 is 18.9. The van der Waals surface area contributed by atoms with Gasteiger partial charge in [0.15, 0.2) is 5.96 Å². The van der Waals surface area contributed by atoms with Gasteiger partial charge in [0.05, 0.1) is 0 Å². The van der Waals surface area contributed by atoms with E-state index in [-0.39, 0.29) is 35.2 Å². The first-order valence-electron chi connectivity index (χ1n) is 9.04. The third-order valence-electron chi connectivity index (χ3n) is 5.00. The fourth-order valence-corrected chi connectivity index (χ4v) is 3.43. The number of nitrogens with zero attached hydrogens (tertiary/aromatic N) is 1. The van der Waals surface area contributed by atoms with E-state index in [0.29, 0.717) is 6.54 Å². The normalized spacial score (nSPS) is 16.3. The standard InChI is InChI=1S/C21H26FN3O.HI/c1-23-20(24-15-17-6-5-9-19(22)14-17)25-16-21(10-12-26-13-11-21)18-7-3-2-4-8-18;/h2-9,14H,10-13,15-16H2,1H3,(H2,23,24,25);1H. The van der Waals surface area contributed by atoms with Crippen LogP contribution < -0.4 is 10.6 Å². The van der Waals surface area contributed by atoms with Crippen molar-refractivity contribution in [2.24, 2.45) is 4.99 Å². The zero-order valence-corrected chi connectivity index (χ0v) is 17.9.